The number of benzene rings is 1. The second kappa shape index (κ2) is 5.93. The summed E-state index contributed by atoms with van der Waals surface area (Å²) in [5, 5.41) is 9.44. The van der Waals surface area contributed by atoms with Gasteiger partial charge in [0.1, 0.15) is 11.3 Å². The smallest absolute Gasteiger partial charge is 0.152 e. The van der Waals surface area contributed by atoms with Gasteiger partial charge in [0.15, 0.2) is 5.82 Å². The number of nitrogens with zero attached hydrogens (tertiary/aromatic N) is 2. The molecule has 112 valence electrons. The molecule has 0 unspecified atom stereocenters. The quantitative estimate of drug-likeness (QED) is 0.830. The summed E-state index contributed by atoms with van der Waals surface area (Å²) in [5.74, 6) is -1.21. The summed E-state index contributed by atoms with van der Waals surface area (Å²) >= 11 is 0. The minimum absolute atomic E-state index is 0.166. The third-order valence-corrected chi connectivity index (χ3v) is 3.84. The summed E-state index contributed by atoms with van der Waals surface area (Å²) in [5.41, 5.74) is 1.04. The Bertz CT molecular complexity index is 643. The average Bonchev–Trinajstić information content (AvgIpc) is 3.28. The predicted octanol–water partition coefficient (Wildman–Crippen LogP) is 3.25. The van der Waals surface area contributed by atoms with E-state index in [1.54, 1.807) is 6.20 Å². The Morgan fingerprint density at radius 1 is 1.24 bits per heavy atom. The molecule has 0 spiro atoms. The molecule has 1 heterocycles. The highest BCUT2D eigenvalue weighted by atomic mass is 19.1. The minimum Gasteiger partial charge on any atom is -0.396 e. The summed E-state index contributed by atoms with van der Waals surface area (Å²) in [6.45, 7) is 0.946. The zero-order valence-corrected chi connectivity index (χ0v) is 11.7. The number of unbranched alkanes of at least 4 members (excludes halogenated alkanes) is 1. The normalized spacial score (nSPS) is 14.6. The third-order valence-electron chi connectivity index (χ3n) is 3.84. The molecule has 0 bridgehead atoms. The lowest BCUT2D eigenvalue weighted by Crippen LogP contribution is -2.27. The first-order chi connectivity index (χ1) is 10.2. The van der Waals surface area contributed by atoms with Gasteiger partial charge in [-0.1, -0.05) is 0 Å². The van der Waals surface area contributed by atoms with Crippen LogP contribution in [0.2, 0.25) is 0 Å². The molecule has 0 amide bonds. The van der Waals surface area contributed by atoms with Gasteiger partial charge in [-0.25, -0.2) is 8.78 Å². The van der Waals surface area contributed by atoms with Crippen LogP contribution in [0.15, 0.2) is 24.4 Å². The van der Waals surface area contributed by atoms with Crippen molar-refractivity contribution in [1.29, 1.82) is 0 Å². The van der Waals surface area contributed by atoms with Crippen LogP contribution in [0.1, 0.15) is 25.7 Å². The second-order valence-electron chi connectivity index (χ2n) is 5.47. The van der Waals surface area contributed by atoms with Crippen LogP contribution in [0.25, 0.3) is 10.9 Å². The van der Waals surface area contributed by atoms with Crippen molar-refractivity contribution in [1.82, 2.24) is 4.98 Å². The van der Waals surface area contributed by atoms with E-state index in [4.69, 9.17) is 5.11 Å². The highest BCUT2D eigenvalue weighted by Crippen LogP contribution is 2.36. The van der Waals surface area contributed by atoms with E-state index < -0.39 is 11.6 Å². The molecule has 5 heteroatoms. The van der Waals surface area contributed by atoms with E-state index in [-0.39, 0.29) is 12.1 Å². The number of rotatable bonds is 6. The van der Waals surface area contributed by atoms with E-state index in [1.165, 1.54) is 6.07 Å². The van der Waals surface area contributed by atoms with Gasteiger partial charge in [0, 0.05) is 42.5 Å². The van der Waals surface area contributed by atoms with E-state index in [9.17, 15) is 8.78 Å². The Hall–Kier alpha value is -1.75. The van der Waals surface area contributed by atoms with Crippen LogP contribution < -0.4 is 4.90 Å². The van der Waals surface area contributed by atoms with Crippen molar-refractivity contribution in [2.24, 2.45) is 0 Å². The zero-order valence-electron chi connectivity index (χ0n) is 11.7. The van der Waals surface area contributed by atoms with Crippen molar-refractivity contribution in [2.45, 2.75) is 31.7 Å². The van der Waals surface area contributed by atoms with Crippen molar-refractivity contribution in [3.8, 4) is 0 Å². The number of halogens is 2. The SMILES string of the molecule is OCCCCN(c1ccnc2c(F)cc(F)cc12)C1CC1. The number of aromatic nitrogens is 1. The molecule has 0 radical (unpaired) electrons. The number of aliphatic hydroxyl groups is 1. The number of hydrogen-bond donors (Lipinski definition) is 1. The molecule has 1 aromatic heterocycles. The lowest BCUT2D eigenvalue weighted by Gasteiger charge is -2.26. The lowest BCUT2D eigenvalue weighted by molar-refractivity contribution is 0.285. The Labute approximate surface area is 122 Å². The fourth-order valence-corrected chi connectivity index (χ4v) is 2.69. The third kappa shape index (κ3) is 2.97. The van der Waals surface area contributed by atoms with Crippen LogP contribution in [0.3, 0.4) is 0 Å². The summed E-state index contributed by atoms with van der Waals surface area (Å²) in [6, 6.07) is 4.47. The predicted molar refractivity (Wildman–Crippen MR) is 78.3 cm³/mol. The standard InChI is InChI=1S/C16H18F2N2O/c17-11-9-13-15(5-6-19-16(13)14(18)10-11)20(12-3-4-12)7-1-2-8-21/h5-6,9-10,12,21H,1-4,7-8H2. The van der Waals surface area contributed by atoms with Gasteiger partial charge >= 0.3 is 0 Å². The molecular weight excluding hydrogens is 274 g/mol. The molecule has 21 heavy (non-hydrogen) atoms. The molecule has 2 aromatic rings. The molecule has 0 atom stereocenters. The fourth-order valence-electron chi connectivity index (χ4n) is 2.69. The van der Waals surface area contributed by atoms with Gasteiger partial charge < -0.3 is 10.0 Å². The molecule has 1 aliphatic rings. The van der Waals surface area contributed by atoms with E-state index in [2.05, 4.69) is 9.88 Å². The topological polar surface area (TPSA) is 36.4 Å². The van der Waals surface area contributed by atoms with Gasteiger partial charge in [-0.05, 0) is 37.8 Å². The van der Waals surface area contributed by atoms with Crippen LogP contribution in [-0.2, 0) is 0 Å². The van der Waals surface area contributed by atoms with E-state index >= 15 is 0 Å². The van der Waals surface area contributed by atoms with Gasteiger partial charge in [0.2, 0.25) is 0 Å². The summed E-state index contributed by atoms with van der Waals surface area (Å²) < 4.78 is 27.4. The van der Waals surface area contributed by atoms with Crippen molar-refractivity contribution < 1.29 is 13.9 Å². The number of aliphatic hydroxyl groups excluding tert-OH is 1. The van der Waals surface area contributed by atoms with Crippen LogP contribution >= 0.6 is 0 Å². The molecular formula is C16H18F2N2O. The van der Waals surface area contributed by atoms with Gasteiger partial charge in [0.25, 0.3) is 0 Å². The maximum atomic E-state index is 13.9. The van der Waals surface area contributed by atoms with Crippen molar-refractivity contribution in [3.63, 3.8) is 0 Å². The maximum Gasteiger partial charge on any atom is 0.152 e. The van der Waals surface area contributed by atoms with Crippen molar-refractivity contribution in [2.75, 3.05) is 18.1 Å². The van der Waals surface area contributed by atoms with Crippen LogP contribution in [0, 0.1) is 11.6 Å². The number of hydrogen-bond acceptors (Lipinski definition) is 3. The number of pyridine rings is 1. The van der Waals surface area contributed by atoms with Crippen LogP contribution in [0.5, 0.6) is 0 Å². The molecule has 0 aliphatic heterocycles. The number of anilines is 1. The Morgan fingerprint density at radius 3 is 2.76 bits per heavy atom. The molecule has 1 N–H and O–H groups in total. The largest absolute Gasteiger partial charge is 0.396 e. The van der Waals surface area contributed by atoms with E-state index in [1.807, 2.05) is 6.07 Å². The minimum atomic E-state index is -0.627. The second-order valence-corrected chi connectivity index (χ2v) is 5.47. The first kappa shape index (κ1) is 14.2. The summed E-state index contributed by atoms with van der Waals surface area (Å²) in [7, 11) is 0. The maximum absolute atomic E-state index is 13.9. The Kier molecular flexibility index (Phi) is 4.01. The highest BCUT2D eigenvalue weighted by Gasteiger charge is 2.30. The van der Waals surface area contributed by atoms with Crippen LogP contribution in [-0.4, -0.2) is 29.3 Å². The van der Waals surface area contributed by atoms with E-state index in [0.29, 0.717) is 11.4 Å². The molecule has 1 aliphatic carbocycles. The Balaban J connectivity index is 2.00. The molecule has 0 saturated heterocycles. The molecule has 3 nitrogen and oxygen atoms in total. The highest BCUT2D eigenvalue weighted by molar-refractivity contribution is 5.92. The molecule has 1 saturated carbocycles. The van der Waals surface area contributed by atoms with E-state index in [0.717, 1.165) is 44.0 Å². The Morgan fingerprint density at radius 2 is 2.05 bits per heavy atom. The summed E-state index contributed by atoms with van der Waals surface area (Å²) in [6.07, 6.45) is 5.35. The van der Waals surface area contributed by atoms with Gasteiger partial charge in [-0.3, -0.25) is 4.98 Å². The number of fused-ring (bicyclic) bond motifs is 1. The van der Waals surface area contributed by atoms with Gasteiger partial charge in [0.05, 0.1) is 0 Å². The first-order valence-corrected chi connectivity index (χ1v) is 7.32. The van der Waals surface area contributed by atoms with Crippen molar-refractivity contribution in [3.05, 3.63) is 36.0 Å². The van der Waals surface area contributed by atoms with Crippen LogP contribution in [0.4, 0.5) is 14.5 Å². The van der Waals surface area contributed by atoms with Gasteiger partial charge in [-0.2, -0.15) is 0 Å². The monoisotopic (exact) mass is 292 g/mol. The lowest BCUT2D eigenvalue weighted by atomic mass is 10.1. The molecule has 3 rings (SSSR count). The fraction of sp³-hybridized carbons (Fsp3) is 0.438. The van der Waals surface area contributed by atoms with Gasteiger partial charge in [-0.15, -0.1) is 0 Å². The molecule has 1 fully saturated rings. The molecule has 1 aromatic carbocycles. The average molecular weight is 292 g/mol. The summed E-state index contributed by atoms with van der Waals surface area (Å²) in [4.78, 5) is 6.23. The van der Waals surface area contributed by atoms with Crippen molar-refractivity contribution >= 4 is 16.6 Å². The zero-order chi connectivity index (χ0) is 14.8. The first-order valence-electron chi connectivity index (χ1n) is 7.32.